The van der Waals surface area contributed by atoms with Crippen LogP contribution in [0.1, 0.15) is 22.3 Å². The van der Waals surface area contributed by atoms with E-state index in [1.807, 2.05) is 72.8 Å². The molecule has 0 aliphatic carbocycles. The number of carbonyl (C=O) groups excluding carboxylic acids is 2. The molecular weight excluding hydrogens is 519 g/mol. The molecule has 2 heterocycles. The maximum atomic E-state index is 11.7. The molecule has 2 aliphatic heterocycles. The quantitative estimate of drug-likeness (QED) is 0.314. The molecule has 0 aromatic heterocycles. The van der Waals surface area contributed by atoms with Gasteiger partial charge in [-0.15, -0.1) is 0 Å². The number of aliphatic imine (C=N–C) groups is 2. The van der Waals surface area contributed by atoms with E-state index in [-0.39, 0.29) is 24.9 Å². The number of carbonyl (C=O) groups is 2. The van der Waals surface area contributed by atoms with Gasteiger partial charge < -0.3 is 10.6 Å². The number of fused-ring (bicyclic) bond motifs is 2. The summed E-state index contributed by atoms with van der Waals surface area (Å²) >= 11 is 12.1. The van der Waals surface area contributed by atoms with Gasteiger partial charge in [0, 0.05) is 32.3 Å². The molecule has 4 aromatic carbocycles. The van der Waals surface area contributed by atoms with Crippen molar-refractivity contribution in [2.45, 2.75) is 0 Å². The van der Waals surface area contributed by atoms with Crippen LogP contribution in [-0.2, 0) is 9.59 Å². The van der Waals surface area contributed by atoms with Gasteiger partial charge in [0.05, 0.1) is 22.8 Å². The third-order valence-corrected chi connectivity index (χ3v) is 6.35. The Kier molecular flexibility index (Phi) is 7.63. The average molecular weight is 541 g/mol. The summed E-state index contributed by atoms with van der Waals surface area (Å²) in [6.07, 6.45) is 0. The van der Waals surface area contributed by atoms with E-state index in [0.717, 1.165) is 45.1 Å². The molecule has 0 saturated heterocycles. The highest BCUT2D eigenvalue weighted by Gasteiger charge is 2.19. The van der Waals surface area contributed by atoms with Crippen molar-refractivity contribution in [1.29, 1.82) is 0 Å². The zero-order chi connectivity index (χ0) is 26.5. The number of rotatable bonds is 2. The first-order valence-electron chi connectivity index (χ1n) is 11.9. The summed E-state index contributed by atoms with van der Waals surface area (Å²) in [6.45, 7) is 0.243. The molecule has 2 aliphatic rings. The number of benzodiazepines with no additional fused rings is 2. The van der Waals surface area contributed by atoms with Crippen molar-refractivity contribution in [3.8, 4) is 0 Å². The SMILES string of the molecule is O=C1CN=C(c2ccccc2)c2cc(Cl)ccc2N1.O=C1CN=C(c2ccccc2)c2cc(Cl)ccc2N1. The largest absolute Gasteiger partial charge is 0.324 e. The third kappa shape index (κ3) is 5.83. The van der Waals surface area contributed by atoms with Crippen LogP contribution in [0.25, 0.3) is 0 Å². The Morgan fingerprint density at radius 1 is 0.553 bits per heavy atom. The van der Waals surface area contributed by atoms with Crippen LogP contribution in [0, 0.1) is 0 Å². The van der Waals surface area contributed by atoms with Crippen LogP contribution in [0.15, 0.2) is 107 Å². The van der Waals surface area contributed by atoms with Gasteiger partial charge in [-0.05, 0) is 36.4 Å². The number of hydrogen-bond donors (Lipinski definition) is 2. The van der Waals surface area contributed by atoms with E-state index >= 15 is 0 Å². The standard InChI is InChI=1S/2C15H11ClN2O/c2*16-11-6-7-13-12(8-11)15(17-9-14(19)18-13)10-4-2-1-3-5-10/h2*1-8H,9H2,(H,18,19). The first kappa shape index (κ1) is 25.4. The molecule has 188 valence electrons. The predicted octanol–water partition coefficient (Wildman–Crippen LogP) is 6.26. The summed E-state index contributed by atoms with van der Waals surface area (Å²) in [4.78, 5) is 32.1. The minimum absolute atomic E-state index is 0.116. The minimum Gasteiger partial charge on any atom is -0.324 e. The highest BCUT2D eigenvalue weighted by atomic mass is 35.5. The van der Waals surface area contributed by atoms with Crippen molar-refractivity contribution in [3.05, 3.63) is 129 Å². The molecule has 0 unspecified atom stereocenters. The van der Waals surface area contributed by atoms with Crippen molar-refractivity contribution in [2.75, 3.05) is 23.7 Å². The number of nitrogens with zero attached hydrogens (tertiary/aromatic N) is 2. The summed E-state index contributed by atoms with van der Waals surface area (Å²) in [7, 11) is 0. The normalized spacial score (nSPS) is 14.2. The zero-order valence-corrected chi connectivity index (χ0v) is 21.6. The molecule has 2 N–H and O–H groups in total. The van der Waals surface area contributed by atoms with E-state index in [4.69, 9.17) is 23.2 Å². The van der Waals surface area contributed by atoms with Crippen molar-refractivity contribution in [3.63, 3.8) is 0 Å². The Bertz CT molecular complexity index is 1450. The first-order valence-corrected chi connectivity index (χ1v) is 12.6. The second-order valence-corrected chi connectivity index (χ2v) is 9.41. The average Bonchev–Trinajstić information content (AvgIpc) is 3.20. The molecule has 4 aromatic rings. The van der Waals surface area contributed by atoms with E-state index in [1.165, 1.54) is 0 Å². The monoisotopic (exact) mass is 540 g/mol. The number of benzene rings is 4. The molecule has 0 atom stereocenters. The zero-order valence-electron chi connectivity index (χ0n) is 20.1. The van der Waals surface area contributed by atoms with Gasteiger partial charge >= 0.3 is 0 Å². The highest BCUT2D eigenvalue weighted by Crippen LogP contribution is 2.27. The van der Waals surface area contributed by atoms with Crippen molar-refractivity contribution < 1.29 is 9.59 Å². The summed E-state index contributed by atoms with van der Waals surface area (Å²) in [5.41, 5.74) is 6.72. The maximum Gasteiger partial charge on any atom is 0.246 e. The van der Waals surface area contributed by atoms with Crippen LogP contribution < -0.4 is 10.6 Å². The van der Waals surface area contributed by atoms with Gasteiger partial charge in [0.1, 0.15) is 13.1 Å². The lowest BCUT2D eigenvalue weighted by Crippen LogP contribution is -2.13. The van der Waals surface area contributed by atoms with E-state index in [2.05, 4.69) is 20.6 Å². The van der Waals surface area contributed by atoms with Gasteiger partial charge in [-0.25, -0.2) is 0 Å². The van der Waals surface area contributed by atoms with Crippen LogP contribution >= 0.6 is 23.2 Å². The highest BCUT2D eigenvalue weighted by molar-refractivity contribution is 6.32. The number of amides is 2. The van der Waals surface area contributed by atoms with Crippen LogP contribution in [-0.4, -0.2) is 36.3 Å². The van der Waals surface area contributed by atoms with Crippen molar-refractivity contribution >= 4 is 57.8 Å². The number of hydrogen-bond acceptors (Lipinski definition) is 4. The van der Waals surface area contributed by atoms with Crippen LogP contribution in [0.2, 0.25) is 10.0 Å². The Labute approximate surface area is 230 Å². The predicted molar refractivity (Wildman–Crippen MR) is 154 cm³/mol. The second kappa shape index (κ2) is 11.4. The van der Waals surface area contributed by atoms with E-state index < -0.39 is 0 Å². The smallest absolute Gasteiger partial charge is 0.246 e. The number of anilines is 2. The minimum atomic E-state index is -0.116. The summed E-state index contributed by atoms with van der Waals surface area (Å²) in [6, 6.07) is 30.3. The Morgan fingerprint density at radius 2 is 0.947 bits per heavy atom. The molecule has 0 fully saturated rings. The van der Waals surface area contributed by atoms with Gasteiger partial charge in [0.15, 0.2) is 0 Å². The van der Waals surface area contributed by atoms with Gasteiger partial charge in [0.25, 0.3) is 0 Å². The molecule has 6 rings (SSSR count). The molecule has 0 saturated carbocycles. The third-order valence-electron chi connectivity index (χ3n) is 5.88. The Morgan fingerprint density at radius 3 is 1.34 bits per heavy atom. The number of nitrogens with one attached hydrogen (secondary N) is 2. The number of halogens is 2. The fraction of sp³-hybridized carbons (Fsp3) is 0.0667. The summed E-state index contributed by atoms with van der Waals surface area (Å²) in [5.74, 6) is -0.232. The topological polar surface area (TPSA) is 82.9 Å². The van der Waals surface area contributed by atoms with E-state index in [1.54, 1.807) is 24.3 Å². The van der Waals surface area contributed by atoms with E-state index in [9.17, 15) is 9.59 Å². The second-order valence-electron chi connectivity index (χ2n) is 8.54. The molecular formula is C30H22Cl2N4O2. The Hall–Kier alpha value is -4.26. The van der Waals surface area contributed by atoms with Crippen LogP contribution in [0.3, 0.4) is 0 Å². The molecule has 0 spiro atoms. The molecule has 6 nitrogen and oxygen atoms in total. The fourth-order valence-electron chi connectivity index (χ4n) is 4.18. The van der Waals surface area contributed by atoms with Gasteiger partial charge in [-0.1, -0.05) is 83.9 Å². The maximum absolute atomic E-state index is 11.7. The van der Waals surface area contributed by atoms with Crippen molar-refractivity contribution in [2.24, 2.45) is 9.98 Å². The molecule has 38 heavy (non-hydrogen) atoms. The summed E-state index contributed by atoms with van der Waals surface area (Å²) in [5, 5.41) is 6.92. The lowest BCUT2D eigenvalue weighted by molar-refractivity contribution is -0.115. The molecule has 0 radical (unpaired) electrons. The lowest BCUT2D eigenvalue weighted by atomic mass is 10.0. The molecule has 0 bridgehead atoms. The Balaban J connectivity index is 0.000000155. The van der Waals surface area contributed by atoms with Gasteiger partial charge in [-0.3, -0.25) is 19.6 Å². The van der Waals surface area contributed by atoms with Crippen LogP contribution in [0.4, 0.5) is 11.4 Å². The van der Waals surface area contributed by atoms with E-state index in [0.29, 0.717) is 10.0 Å². The lowest BCUT2D eigenvalue weighted by Gasteiger charge is -2.10. The summed E-state index contributed by atoms with van der Waals surface area (Å²) < 4.78 is 0. The first-order chi connectivity index (χ1) is 18.5. The fourth-order valence-corrected chi connectivity index (χ4v) is 4.52. The van der Waals surface area contributed by atoms with Gasteiger partial charge in [0.2, 0.25) is 11.8 Å². The molecule has 8 heteroatoms. The van der Waals surface area contributed by atoms with Crippen LogP contribution in [0.5, 0.6) is 0 Å². The molecule has 2 amide bonds. The van der Waals surface area contributed by atoms with Crippen molar-refractivity contribution in [1.82, 2.24) is 0 Å². The van der Waals surface area contributed by atoms with Gasteiger partial charge in [-0.2, -0.15) is 0 Å².